The van der Waals surface area contributed by atoms with Crippen LogP contribution in [-0.4, -0.2) is 26.8 Å². The van der Waals surface area contributed by atoms with Crippen LogP contribution in [0.5, 0.6) is 0 Å². The van der Waals surface area contributed by atoms with Crippen LogP contribution in [0.1, 0.15) is 49.5 Å². The molecule has 0 bridgehead atoms. The third kappa shape index (κ3) is 3.80. The molecule has 0 aliphatic carbocycles. The number of aryl methyl sites for hydroxylation is 1. The summed E-state index contributed by atoms with van der Waals surface area (Å²) >= 11 is 0. The molecule has 108 valence electrons. The number of hydrogen-bond acceptors (Lipinski definition) is 2. The minimum atomic E-state index is -3.26. The van der Waals surface area contributed by atoms with Gasteiger partial charge in [0, 0.05) is 14.1 Å². The molecule has 0 aliphatic rings. The lowest BCUT2D eigenvalue weighted by atomic mass is 9.99. The van der Waals surface area contributed by atoms with Gasteiger partial charge in [0.15, 0.2) is 0 Å². The van der Waals surface area contributed by atoms with E-state index in [2.05, 4.69) is 13.8 Å². The summed E-state index contributed by atoms with van der Waals surface area (Å²) in [5, 5.41) is -0.418. The Hall–Kier alpha value is -0.870. The van der Waals surface area contributed by atoms with Gasteiger partial charge in [-0.25, -0.2) is 12.7 Å². The Bertz CT molecular complexity index is 495. The van der Waals surface area contributed by atoms with Gasteiger partial charge < -0.3 is 0 Å². The Labute approximate surface area is 117 Å². The first-order valence-corrected chi connectivity index (χ1v) is 8.44. The van der Waals surface area contributed by atoms with E-state index < -0.39 is 15.3 Å². The van der Waals surface area contributed by atoms with E-state index in [0.717, 1.165) is 30.4 Å². The molecule has 0 saturated carbocycles. The third-order valence-corrected chi connectivity index (χ3v) is 5.70. The average Bonchev–Trinajstić information content (AvgIpc) is 2.39. The molecule has 0 N–H and O–H groups in total. The lowest BCUT2D eigenvalue weighted by Crippen LogP contribution is -2.29. The Morgan fingerprint density at radius 3 is 2.32 bits per heavy atom. The van der Waals surface area contributed by atoms with Crippen molar-refractivity contribution in [2.45, 2.75) is 44.8 Å². The summed E-state index contributed by atoms with van der Waals surface area (Å²) in [6.07, 6.45) is 3.49. The number of benzene rings is 1. The van der Waals surface area contributed by atoms with Crippen LogP contribution in [0.4, 0.5) is 0 Å². The summed E-state index contributed by atoms with van der Waals surface area (Å²) in [5.74, 6) is 0. The van der Waals surface area contributed by atoms with E-state index in [1.165, 1.54) is 4.31 Å². The second-order valence-corrected chi connectivity index (χ2v) is 7.34. The van der Waals surface area contributed by atoms with Crippen molar-refractivity contribution < 1.29 is 8.42 Å². The molecule has 0 aliphatic heterocycles. The van der Waals surface area contributed by atoms with Crippen LogP contribution in [0.15, 0.2) is 24.3 Å². The maximum absolute atomic E-state index is 12.5. The maximum Gasteiger partial charge on any atom is 0.220 e. The van der Waals surface area contributed by atoms with E-state index in [9.17, 15) is 8.42 Å². The lowest BCUT2D eigenvalue weighted by molar-refractivity contribution is 0.497. The van der Waals surface area contributed by atoms with Gasteiger partial charge in [-0.2, -0.15) is 0 Å². The number of sulfonamides is 1. The van der Waals surface area contributed by atoms with Gasteiger partial charge in [0.2, 0.25) is 10.0 Å². The summed E-state index contributed by atoms with van der Waals surface area (Å²) in [6.45, 7) is 4.16. The fourth-order valence-corrected chi connectivity index (χ4v) is 3.80. The molecule has 3 nitrogen and oxygen atoms in total. The largest absolute Gasteiger partial charge is 0.220 e. The standard InChI is InChI=1S/C15H25NO2S/c1-5-7-12-15(19(17,18)16(3)4)14-11-9-8-10-13(14)6-2/h8-11,15H,5-7,12H2,1-4H3/t15-/m0/s1. The van der Waals surface area contributed by atoms with Crippen LogP contribution in [0.3, 0.4) is 0 Å². The summed E-state index contributed by atoms with van der Waals surface area (Å²) in [6, 6.07) is 7.89. The SMILES string of the molecule is CCCC[C@@H](c1ccccc1CC)S(=O)(=O)N(C)C. The van der Waals surface area contributed by atoms with Gasteiger partial charge in [-0.1, -0.05) is 51.0 Å². The monoisotopic (exact) mass is 283 g/mol. The molecule has 1 rings (SSSR count). The van der Waals surface area contributed by atoms with E-state index in [1.807, 2.05) is 24.3 Å². The van der Waals surface area contributed by atoms with Crippen molar-refractivity contribution in [1.29, 1.82) is 0 Å². The van der Waals surface area contributed by atoms with Crippen molar-refractivity contribution in [3.8, 4) is 0 Å². The van der Waals surface area contributed by atoms with Gasteiger partial charge in [-0.05, 0) is 24.0 Å². The van der Waals surface area contributed by atoms with Crippen LogP contribution in [0.2, 0.25) is 0 Å². The van der Waals surface area contributed by atoms with Crippen LogP contribution >= 0.6 is 0 Å². The summed E-state index contributed by atoms with van der Waals surface area (Å²) in [4.78, 5) is 0. The second-order valence-electron chi connectivity index (χ2n) is 5.01. The fraction of sp³-hybridized carbons (Fsp3) is 0.600. The second kappa shape index (κ2) is 7.06. The van der Waals surface area contributed by atoms with Gasteiger partial charge in [-0.3, -0.25) is 0 Å². The Kier molecular flexibility index (Phi) is 6.01. The smallest absolute Gasteiger partial charge is 0.212 e. The molecule has 0 heterocycles. The van der Waals surface area contributed by atoms with Gasteiger partial charge in [0.05, 0.1) is 0 Å². The van der Waals surface area contributed by atoms with Crippen LogP contribution in [-0.2, 0) is 16.4 Å². The van der Waals surface area contributed by atoms with Gasteiger partial charge in [0.1, 0.15) is 5.25 Å². The molecule has 1 atom stereocenters. The Morgan fingerprint density at radius 1 is 1.16 bits per heavy atom. The van der Waals surface area contributed by atoms with E-state index in [1.54, 1.807) is 14.1 Å². The molecule has 19 heavy (non-hydrogen) atoms. The number of nitrogens with zero attached hydrogens (tertiary/aromatic N) is 1. The van der Waals surface area contributed by atoms with Gasteiger partial charge >= 0.3 is 0 Å². The molecule has 0 aromatic heterocycles. The summed E-state index contributed by atoms with van der Waals surface area (Å²) < 4.78 is 26.4. The van der Waals surface area contributed by atoms with Crippen molar-refractivity contribution in [3.63, 3.8) is 0 Å². The van der Waals surface area contributed by atoms with Gasteiger partial charge in [0.25, 0.3) is 0 Å². The zero-order chi connectivity index (χ0) is 14.5. The molecule has 1 aromatic rings. The predicted octanol–water partition coefficient (Wildman–Crippen LogP) is 3.37. The quantitative estimate of drug-likeness (QED) is 0.769. The Balaban J connectivity index is 3.24. The molecule has 0 spiro atoms. The van der Waals surface area contributed by atoms with E-state index in [4.69, 9.17) is 0 Å². The molecule has 0 fully saturated rings. The fourth-order valence-electron chi connectivity index (χ4n) is 2.28. The van der Waals surface area contributed by atoms with Crippen molar-refractivity contribution in [2.24, 2.45) is 0 Å². The van der Waals surface area contributed by atoms with Gasteiger partial charge in [-0.15, -0.1) is 0 Å². The topological polar surface area (TPSA) is 37.4 Å². The van der Waals surface area contributed by atoms with Crippen molar-refractivity contribution in [1.82, 2.24) is 4.31 Å². The van der Waals surface area contributed by atoms with Crippen LogP contribution in [0.25, 0.3) is 0 Å². The molecule has 4 heteroatoms. The van der Waals surface area contributed by atoms with E-state index in [0.29, 0.717) is 6.42 Å². The normalized spacial score (nSPS) is 13.7. The summed E-state index contributed by atoms with van der Waals surface area (Å²) in [7, 11) is -0.0357. The lowest BCUT2D eigenvalue weighted by Gasteiger charge is -2.24. The highest BCUT2D eigenvalue weighted by molar-refractivity contribution is 7.89. The average molecular weight is 283 g/mol. The maximum atomic E-state index is 12.5. The Morgan fingerprint density at radius 2 is 1.79 bits per heavy atom. The van der Waals surface area contributed by atoms with E-state index in [-0.39, 0.29) is 0 Å². The molecular weight excluding hydrogens is 258 g/mol. The third-order valence-electron chi connectivity index (χ3n) is 3.47. The zero-order valence-electron chi connectivity index (χ0n) is 12.4. The molecule has 0 saturated heterocycles. The molecule has 0 unspecified atom stereocenters. The first kappa shape index (κ1) is 16.2. The number of unbranched alkanes of at least 4 members (excludes halogenated alkanes) is 1. The summed E-state index contributed by atoms with van der Waals surface area (Å²) in [5.41, 5.74) is 2.10. The molecule has 1 aromatic carbocycles. The van der Waals surface area contributed by atoms with Crippen molar-refractivity contribution >= 4 is 10.0 Å². The predicted molar refractivity (Wildman–Crippen MR) is 80.7 cm³/mol. The van der Waals surface area contributed by atoms with Crippen molar-refractivity contribution in [3.05, 3.63) is 35.4 Å². The van der Waals surface area contributed by atoms with Crippen LogP contribution in [0, 0.1) is 0 Å². The zero-order valence-corrected chi connectivity index (χ0v) is 13.2. The van der Waals surface area contributed by atoms with Crippen LogP contribution < -0.4 is 0 Å². The highest BCUT2D eigenvalue weighted by Gasteiger charge is 2.29. The number of rotatable bonds is 7. The highest BCUT2D eigenvalue weighted by Crippen LogP contribution is 2.32. The van der Waals surface area contributed by atoms with Crippen molar-refractivity contribution in [2.75, 3.05) is 14.1 Å². The van der Waals surface area contributed by atoms with E-state index >= 15 is 0 Å². The minimum Gasteiger partial charge on any atom is -0.212 e. The first-order valence-electron chi connectivity index (χ1n) is 6.94. The number of hydrogen-bond donors (Lipinski definition) is 0. The highest BCUT2D eigenvalue weighted by atomic mass is 32.2. The molecule has 0 amide bonds. The molecular formula is C15H25NO2S. The first-order chi connectivity index (χ1) is 8.95. The minimum absolute atomic E-state index is 0.418. The molecule has 0 radical (unpaired) electrons.